The Hall–Kier alpha value is -12.8. The third-order valence-electron chi connectivity index (χ3n) is 23.3. The topological polar surface area (TPSA) is 342 Å². The molecule has 26 nitrogen and oxygen atoms in total. The van der Waals surface area contributed by atoms with Gasteiger partial charge in [-0.15, -0.1) is 0 Å². The van der Waals surface area contributed by atoms with Crippen LogP contribution in [0.3, 0.4) is 0 Å². The number of fused-ring (bicyclic) bond motifs is 5. The minimum Gasteiger partial charge on any atom is -0.542 e. The van der Waals surface area contributed by atoms with E-state index in [0.29, 0.717) is 145 Å². The normalized spacial score (nSPS) is 15.1. The Morgan fingerprint density at radius 1 is 0.767 bits per heavy atom. The van der Waals surface area contributed by atoms with E-state index in [1.54, 1.807) is 41.8 Å². The lowest BCUT2D eigenvalue weighted by atomic mass is 9.89. The number of carboxylic acid groups (broad SMARTS) is 1. The maximum atomic E-state index is 15.5. The molecule has 7 aromatic carbocycles. The second-order valence-electron chi connectivity index (χ2n) is 31.5. The van der Waals surface area contributed by atoms with E-state index in [-0.39, 0.29) is 80.4 Å². The largest absolute Gasteiger partial charge is 0.542 e. The summed E-state index contributed by atoms with van der Waals surface area (Å²) in [6.07, 6.45) is -3.87. The molecule has 1 fully saturated rings. The number of halogens is 3. The Bertz CT molecular complexity index is 5330. The van der Waals surface area contributed by atoms with Gasteiger partial charge in [-0.3, -0.25) is 28.9 Å². The second-order valence-corrected chi connectivity index (χ2v) is 31.5. The number of morpholine rings is 1. The van der Waals surface area contributed by atoms with E-state index < -0.39 is 48.2 Å². The molecule has 0 radical (unpaired) electrons. The third kappa shape index (κ3) is 19.8. The van der Waals surface area contributed by atoms with Gasteiger partial charge in [0.2, 0.25) is 17.7 Å². The number of urea groups is 1. The number of nitriles is 1. The first-order chi connectivity index (χ1) is 57.3. The standard InChI is InChI=1S/C89H99N13O11.C2HF3O2/c1-55(2)83(91)85(106)95-79(22-15-34-93-88(92)109)84(105)94-66-26-25-63(64(44-66)50-96(6)89(110)113-54-78-73-20-13-11-18-71(73)72-19-12-14-21-74(72)78)53-102(36-39-111-40-37-102)38-41-112-70-31-23-59(24-32-70)43-82(104)99-35-33-61-45-76(77(46-65(61)51-99)86(107)100-52-62-17-10-9-16-60(62)42-56(100)3)81-48-75(57(4)98(81)8)87(108)101(67-27-29-69(103)30-28-67)80-47-68(49-90)97(7)58(80)5;3-2(4,5)1(6)7/h9-14,16-21,23-32,44-48,55-56,78-79,83H,15,22,33-43,50-54,91H2,1-8H3,(H5-,92,93,94,95,103,105,106,109);(H,6,7)/t56-,79+,83+;/m1./s1. The van der Waals surface area contributed by atoms with Gasteiger partial charge in [-0.2, -0.15) is 18.4 Å². The summed E-state index contributed by atoms with van der Waals surface area (Å²) in [6, 6.07) is 51.2. The van der Waals surface area contributed by atoms with Crippen molar-refractivity contribution in [2.24, 2.45) is 31.5 Å². The van der Waals surface area contributed by atoms with Crippen LogP contribution in [0, 0.1) is 31.1 Å². The minimum absolute atomic E-state index is 0.0356. The number of amides is 8. The van der Waals surface area contributed by atoms with Crippen molar-refractivity contribution in [2.75, 3.05) is 76.4 Å². The minimum atomic E-state index is -5.19. The van der Waals surface area contributed by atoms with Gasteiger partial charge in [0.1, 0.15) is 74.7 Å². The number of carbonyl (C=O) groups is 8. The van der Waals surface area contributed by atoms with Crippen molar-refractivity contribution in [2.45, 2.75) is 123 Å². The predicted molar refractivity (Wildman–Crippen MR) is 443 cm³/mol. The van der Waals surface area contributed by atoms with Crippen molar-refractivity contribution >= 4 is 64.7 Å². The number of aromatic hydroxyl groups is 1. The zero-order valence-electron chi connectivity index (χ0n) is 68.4. The molecule has 628 valence electrons. The van der Waals surface area contributed by atoms with E-state index in [4.69, 9.17) is 35.6 Å². The molecule has 8 N–H and O–H groups in total. The summed E-state index contributed by atoms with van der Waals surface area (Å²) in [5.41, 5.74) is 27.9. The number of hydrogen-bond acceptors (Lipinski definition) is 15. The molecule has 0 unspecified atom stereocenters. The zero-order chi connectivity index (χ0) is 86.0. The molecule has 2 aromatic heterocycles. The zero-order valence-corrected chi connectivity index (χ0v) is 68.4. The van der Waals surface area contributed by atoms with E-state index >= 15 is 9.59 Å². The Labute approximate surface area is 694 Å². The molecule has 1 aliphatic carbocycles. The molecule has 4 aliphatic rings. The highest BCUT2D eigenvalue weighted by molar-refractivity contribution is 6.13. The summed E-state index contributed by atoms with van der Waals surface area (Å²) in [5, 5.41) is 37.6. The lowest BCUT2D eigenvalue weighted by Gasteiger charge is -2.41. The third-order valence-corrected chi connectivity index (χ3v) is 23.3. The number of nitrogens with zero attached hydrogens (tertiary/aromatic N) is 8. The molecule has 9 aromatic rings. The Balaban J connectivity index is 0.00000180. The lowest BCUT2D eigenvalue weighted by Crippen LogP contribution is -2.56. The fourth-order valence-electron chi connectivity index (χ4n) is 16.1. The second kappa shape index (κ2) is 37.4. The number of phenols is 1. The van der Waals surface area contributed by atoms with Gasteiger partial charge in [0, 0.05) is 111 Å². The number of primary amides is 1. The molecule has 5 heterocycles. The number of carbonyl (C=O) groups excluding carboxylic acids is 8. The van der Waals surface area contributed by atoms with Crippen LogP contribution in [0.1, 0.15) is 127 Å². The van der Waals surface area contributed by atoms with Gasteiger partial charge in [0.15, 0.2) is 0 Å². The van der Waals surface area contributed by atoms with Gasteiger partial charge in [-0.05, 0) is 181 Å². The number of phenolic OH excluding ortho intramolecular Hbond substituents is 1. The molecule has 0 spiro atoms. The molecule has 0 saturated carbocycles. The van der Waals surface area contributed by atoms with Crippen LogP contribution in [-0.2, 0) is 88.2 Å². The maximum Gasteiger partial charge on any atom is 0.430 e. The molecule has 0 bridgehead atoms. The van der Waals surface area contributed by atoms with Gasteiger partial charge >= 0.3 is 18.3 Å². The van der Waals surface area contributed by atoms with Crippen LogP contribution < -0.4 is 42.2 Å². The smallest absolute Gasteiger partial charge is 0.430 e. The first kappa shape index (κ1) is 86.6. The highest BCUT2D eigenvalue weighted by Gasteiger charge is 2.38. The van der Waals surface area contributed by atoms with Gasteiger partial charge in [0.05, 0.1) is 36.9 Å². The van der Waals surface area contributed by atoms with Crippen molar-refractivity contribution < 1.29 is 80.4 Å². The maximum absolute atomic E-state index is 15.5. The van der Waals surface area contributed by atoms with Crippen molar-refractivity contribution in [1.29, 1.82) is 5.26 Å². The van der Waals surface area contributed by atoms with E-state index in [0.717, 1.165) is 55.6 Å². The first-order valence-electron chi connectivity index (χ1n) is 40.0. The summed E-state index contributed by atoms with van der Waals surface area (Å²) in [7, 11) is 5.36. The summed E-state index contributed by atoms with van der Waals surface area (Å²) >= 11 is 0. The summed E-state index contributed by atoms with van der Waals surface area (Å²) in [4.78, 5) is 114. The number of nitrogens with one attached hydrogen (secondary N) is 3. The van der Waals surface area contributed by atoms with Crippen LogP contribution in [0.15, 0.2) is 164 Å². The predicted octanol–water partition coefficient (Wildman–Crippen LogP) is 10.9. The number of ether oxygens (including phenoxy) is 3. The van der Waals surface area contributed by atoms with Crippen molar-refractivity contribution in [1.82, 2.24) is 34.5 Å². The summed E-state index contributed by atoms with van der Waals surface area (Å²) in [5.74, 6) is -4.25. The van der Waals surface area contributed by atoms with Gasteiger partial charge in [0.25, 0.3) is 11.8 Å². The lowest BCUT2D eigenvalue weighted by molar-refractivity contribution is -0.947. The number of benzene rings is 7. The highest BCUT2D eigenvalue weighted by Crippen LogP contribution is 2.45. The molecule has 29 heteroatoms. The number of alkyl halides is 3. The quantitative estimate of drug-likeness (QED) is 0.0217. The molecule has 3 atom stereocenters. The van der Waals surface area contributed by atoms with Crippen LogP contribution in [0.25, 0.3) is 22.4 Å². The number of quaternary nitrogens is 1. The number of nitrogens with two attached hydrogens (primary N) is 2. The average Bonchev–Trinajstić information content (AvgIpc) is 1.62. The fraction of sp³-hybridized carbons (Fsp3) is 0.352. The monoisotopic (exact) mass is 1640 g/mol. The molecule has 8 amide bonds. The van der Waals surface area contributed by atoms with Crippen molar-refractivity contribution in [3.8, 4) is 40.0 Å². The number of rotatable bonds is 26. The van der Waals surface area contributed by atoms with E-state index in [1.165, 1.54) is 22.6 Å². The Morgan fingerprint density at radius 3 is 2.07 bits per heavy atom. The van der Waals surface area contributed by atoms with Crippen LogP contribution in [0.2, 0.25) is 0 Å². The summed E-state index contributed by atoms with van der Waals surface area (Å²) < 4.78 is 54.5. The number of anilines is 3. The van der Waals surface area contributed by atoms with Crippen LogP contribution in [0.5, 0.6) is 11.5 Å². The summed E-state index contributed by atoms with van der Waals surface area (Å²) in [6.45, 7) is 14.8. The van der Waals surface area contributed by atoms with Gasteiger partial charge < -0.3 is 85.0 Å². The molecular formula is C91H100F3N13O13. The Kier molecular flexibility index (Phi) is 27.0. The number of hydrogen-bond donors (Lipinski definition) is 6. The number of carboxylic acids is 1. The average molecular weight is 1640 g/mol. The molecular weight excluding hydrogens is 1540 g/mol. The Morgan fingerprint density at radius 2 is 1.43 bits per heavy atom. The van der Waals surface area contributed by atoms with E-state index in [9.17, 15) is 47.5 Å². The number of aromatic nitrogens is 2. The van der Waals surface area contributed by atoms with E-state index in [1.807, 2.05) is 140 Å². The van der Waals surface area contributed by atoms with Crippen LogP contribution in [-0.4, -0.2) is 172 Å². The fourth-order valence-corrected chi connectivity index (χ4v) is 16.1. The van der Waals surface area contributed by atoms with Crippen molar-refractivity contribution in [3.63, 3.8) is 0 Å². The van der Waals surface area contributed by atoms with Crippen molar-refractivity contribution in [3.05, 3.63) is 242 Å². The van der Waals surface area contributed by atoms with Crippen LogP contribution >= 0.6 is 0 Å². The first-order valence-corrected chi connectivity index (χ1v) is 40.0. The molecule has 120 heavy (non-hydrogen) atoms. The molecule has 1 saturated heterocycles. The number of aliphatic carboxylic acids is 1. The van der Waals surface area contributed by atoms with Crippen LogP contribution in [0.4, 0.5) is 39.8 Å². The van der Waals surface area contributed by atoms with E-state index in [2.05, 4.69) is 71.4 Å². The molecule has 13 rings (SSSR count). The highest BCUT2D eigenvalue weighted by atomic mass is 19.4. The van der Waals surface area contributed by atoms with Gasteiger partial charge in [-0.1, -0.05) is 105 Å². The SMILES string of the molecule is Cc1c(N(C(=O)c2cc(-c3cc4c(cc3C(=O)N3Cc5ccccc5C[C@H]3C)CN(C(=O)Cc3ccc(OCC[N+]5(Cc6ccc(NC(=O)[C@H](CCCNC(N)=O)NC(=O)[C@@H](N)C(C)C)cc6CN(C)C(=O)OCC6c7ccccc7-c7ccccc76)CCOCC5)cc3)CC4)n(C)c2C)c2ccc(O)cc2)cc(C#N)n1C.O=C([O-])C(F)(F)F. The van der Waals surface area contributed by atoms with Gasteiger partial charge in [-0.25, -0.2) is 9.59 Å². The molecule has 3 aliphatic heterocycles.